The van der Waals surface area contributed by atoms with Gasteiger partial charge in [0.1, 0.15) is 18.1 Å². The number of carboxylic acids is 1. The molecule has 2 aromatic carbocycles. The topological polar surface area (TPSA) is 209 Å². The quantitative estimate of drug-likeness (QED) is 0.123. The first-order chi connectivity index (χ1) is 20.1. The van der Waals surface area contributed by atoms with E-state index in [4.69, 9.17) is 11.5 Å². The highest BCUT2D eigenvalue weighted by molar-refractivity contribution is 7.98. The molecule has 9 N–H and O–H groups in total. The Morgan fingerprint density at radius 2 is 1.48 bits per heavy atom. The summed E-state index contributed by atoms with van der Waals surface area (Å²) in [7, 11) is 0. The minimum absolute atomic E-state index is 0.0797. The molecule has 0 aliphatic rings. The number of primary amides is 1. The number of para-hydroxylation sites is 1. The van der Waals surface area contributed by atoms with Gasteiger partial charge in [0, 0.05) is 23.5 Å². The van der Waals surface area contributed by atoms with Gasteiger partial charge in [0.25, 0.3) is 0 Å². The second kappa shape index (κ2) is 15.6. The normalized spacial score (nSPS) is 13.9. The summed E-state index contributed by atoms with van der Waals surface area (Å²) in [5.74, 6) is -3.89. The number of hydrogen-bond acceptors (Lipinski definition) is 7. The van der Waals surface area contributed by atoms with Crippen molar-refractivity contribution in [2.75, 3.05) is 12.0 Å². The summed E-state index contributed by atoms with van der Waals surface area (Å²) < 4.78 is 0. The first-order valence-electron chi connectivity index (χ1n) is 13.3. The molecule has 0 spiro atoms. The summed E-state index contributed by atoms with van der Waals surface area (Å²) in [6, 6.07) is 11.7. The number of fused-ring (bicyclic) bond motifs is 1. The Morgan fingerprint density at radius 1 is 0.857 bits per heavy atom. The fourth-order valence-electron chi connectivity index (χ4n) is 4.41. The number of aromatic amines is 1. The van der Waals surface area contributed by atoms with Gasteiger partial charge in [0.05, 0.1) is 12.5 Å². The van der Waals surface area contributed by atoms with Crippen LogP contribution in [0.4, 0.5) is 0 Å². The summed E-state index contributed by atoms with van der Waals surface area (Å²) in [5.41, 5.74) is 14.1. The van der Waals surface area contributed by atoms with E-state index in [2.05, 4.69) is 20.9 Å². The molecule has 3 rings (SSSR count). The molecule has 0 aliphatic carbocycles. The number of nitrogens with one attached hydrogen (secondary N) is 4. The molecule has 4 atom stereocenters. The predicted octanol–water partition coefficient (Wildman–Crippen LogP) is 0.448. The van der Waals surface area contributed by atoms with Crippen LogP contribution in [0, 0.1) is 0 Å². The zero-order chi connectivity index (χ0) is 30.6. The molecule has 4 unspecified atom stereocenters. The van der Waals surface area contributed by atoms with Gasteiger partial charge < -0.3 is 37.5 Å². The highest BCUT2D eigenvalue weighted by Gasteiger charge is 2.31. The third kappa shape index (κ3) is 9.35. The summed E-state index contributed by atoms with van der Waals surface area (Å²) in [6.07, 6.45) is 3.36. The monoisotopic (exact) mass is 596 g/mol. The van der Waals surface area contributed by atoms with Crippen LogP contribution >= 0.6 is 11.8 Å². The molecule has 1 aromatic heterocycles. The van der Waals surface area contributed by atoms with Gasteiger partial charge in [-0.05, 0) is 42.0 Å². The molecule has 3 aromatic rings. The van der Waals surface area contributed by atoms with Crippen LogP contribution in [0.3, 0.4) is 0 Å². The van der Waals surface area contributed by atoms with Gasteiger partial charge in [0.15, 0.2) is 0 Å². The van der Waals surface area contributed by atoms with Crippen molar-refractivity contribution >= 4 is 52.3 Å². The highest BCUT2D eigenvalue weighted by Crippen LogP contribution is 2.19. The number of amides is 4. The van der Waals surface area contributed by atoms with Gasteiger partial charge in [-0.1, -0.05) is 48.5 Å². The van der Waals surface area contributed by atoms with Crippen molar-refractivity contribution in [2.24, 2.45) is 11.5 Å². The molecule has 0 saturated carbocycles. The number of nitrogens with two attached hydrogens (primary N) is 2. The van der Waals surface area contributed by atoms with E-state index in [0.717, 1.165) is 22.0 Å². The fraction of sp³-hybridized carbons (Fsp3) is 0.345. The number of rotatable bonds is 16. The fourth-order valence-corrected chi connectivity index (χ4v) is 4.89. The Hall–Kier alpha value is -4.36. The maximum Gasteiger partial charge on any atom is 0.305 e. The molecular weight excluding hydrogens is 560 g/mol. The Bertz CT molecular complexity index is 1400. The summed E-state index contributed by atoms with van der Waals surface area (Å²) in [6.45, 7) is 0. The minimum atomic E-state index is -1.53. The Kier molecular flexibility index (Phi) is 11.9. The number of H-pyrrole nitrogens is 1. The Morgan fingerprint density at radius 3 is 2.14 bits per heavy atom. The van der Waals surface area contributed by atoms with Crippen molar-refractivity contribution < 1.29 is 29.1 Å². The largest absolute Gasteiger partial charge is 0.481 e. The van der Waals surface area contributed by atoms with Crippen LogP contribution in [0.1, 0.15) is 24.0 Å². The summed E-state index contributed by atoms with van der Waals surface area (Å²) in [5, 5.41) is 17.9. The van der Waals surface area contributed by atoms with E-state index in [-0.39, 0.29) is 19.3 Å². The molecular formula is C29H36N6O6S. The van der Waals surface area contributed by atoms with Gasteiger partial charge in [-0.2, -0.15) is 11.8 Å². The molecule has 0 fully saturated rings. The van der Waals surface area contributed by atoms with Crippen molar-refractivity contribution in [3.05, 3.63) is 71.9 Å². The van der Waals surface area contributed by atoms with Crippen LogP contribution < -0.4 is 27.4 Å². The highest BCUT2D eigenvalue weighted by atomic mass is 32.2. The lowest BCUT2D eigenvalue weighted by Gasteiger charge is -2.25. The molecule has 0 aliphatic heterocycles. The number of hydrogen-bond donors (Lipinski definition) is 7. The number of carbonyl (C=O) groups is 5. The zero-order valence-electron chi connectivity index (χ0n) is 23.2. The van der Waals surface area contributed by atoms with Gasteiger partial charge in [-0.25, -0.2) is 0 Å². The average molecular weight is 597 g/mol. The smallest absolute Gasteiger partial charge is 0.305 e. The molecule has 42 heavy (non-hydrogen) atoms. The second-order valence-electron chi connectivity index (χ2n) is 9.83. The van der Waals surface area contributed by atoms with E-state index in [1.54, 1.807) is 36.5 Å². The average Bonchev–Trinajstić information content (AvgIpc) is 3.37. The first-order valence-corrected chi connectivity index (χ1v) is 14.7. The standard InChI is InChI=1S/C29H36N6O6S/c1-42-12-11-22(33-27(39)20(30)14-18-16-32-21-10-6-5-9-19(18)21)28(40)35-24(15-25(36)37)29(41)34-23(26(31)38)13-17-7-3-2-4-8-17/h2-10,16,20,22-24,32H,11-15,30H2,1H3,(H2,31,38)(H,33,39)(H,34,41)(H,35,40)(H,36,37). The second-order valence-corrected chi connectivity index (χ2v) is 10.8. The van der Waals surface area contributed by atoms with Gasteiger partial charge in [-0.15, -0.1) is 0 Å². The minimum Gasteiger partial charge on any atom is -0.481 e. The number of carbonyl (C=O) groups excluding carboxylic acids is 4. The van der Waals surface area contributed by atoms with Crippen molar-refractivity contribution in [2.45, 2.75) is 49.9 Å². The molecule has 1 heterocycles. The van der Waals surface area contributed by atoms with Crippen molar-refractivity contribution in [1.82, 2.24) is 20.9 Å². The van der Waals surface area contributed by atoms with Crippen molar-refractivity contribution in [1.29, 1.82) is 0 Å². The maximum absolute atomic E-state index is 13.3. The van der Waals surface area contributed by atoms with Crippen LogP contribution in [-0.2, 0) is 36.8 Å². The number of carboxylic acid groups (broad SMARTS) is 1. The third-order valence-corrected chi connectivity index (χ3v) is 7.29. The van der Waals surface area contributed by atoms with E-state index in [0.29, 0.717) is 5.75 Å². The van der Waals surface area contributed by atoms with Crippen LogP contribution in [0.25, 0.3) is 10.9 Å². The van der Waals surface area contributed by atoms with Crippen LogP contribution in [0.15, 0.2) is 60.8 Å². The molecule has 224 valence electrons. The Balaban J connectivity index is 1.69. The lowest BCUT2D eigenvalue weighted by molar-refractivity contribution is -0.141. The van der Waals surface area contributed by atoms with E-state index in [1.807, 2.05) is 30.5 Å². The van der Waals surface area contributed by atoms with E-state index in [9.17, 15) is 29.1 Å². The van der Waals surface area contributed by atoms with Crippen LogP contribution in [-0.4, -0.2) is 75.9 Å². The summed E-state index contributed by atoms with van der Waals surface area (Å²) in [4.78, 5) is 66.1. The molecule has 13 heteroatoms. The van der Waals surface area contributed by atoms with Gasteiger partial charge >= 0.3 is 5.97 Å². The van der Waals surface area contributed by atoms with Crippen LogP contribution in [0.5, 0.6) is 0 Å². The molecule has 0 radical (unpaired) electrons. The van der Waals surface area contributed by atoms with Gasteiger partial charge in [0.2, 0.25) is 23.6 Å². The van der Waals surface area contributed by atoms with E-state index >= 15 is 0 Å². The zero-order valence-corrected chi connectivity index (χ0v) is 24.0. The van der Waals surface area contributed by atoms with Gasteiger partial charge in [-0.3, -0.25) is 24.0 Å². The maximum atomic E-state index is 13.3. The van der Waals surface area contributed by atoms with E-state index in [1.165, 1.54) is 11.8 Å². The predicted molar refractivity (Wildman–Crippen MR) is 160 cm³/mol. The first kappa shape index (κ1) is 32.2. The SMILES string of the molecule is CSCCC(NC(=O)C(N)Cc1c[nH]c2ccccc12)C(=O)NC(CC(=O)O)C(=O)NC(Cc1ccccc1)C(N)=O. The van der Waals surface area contributed by atoms with Crippen molar-refractivity contribution in [3.8, 4) is 0 Å². The third-order valence-electron chi connectivity index (χ3n) is 6.65. The lowest BCUT2D eigenvalue weighted by atomic mass is 10.0. The Labute approximate surface area is 247 Å². The number of thioether (sulfide) groups is 1. The molecule has 0 bridgehead atoms. The molecule has 4 amide bonds. The van der Waals surface area contributed by atoms with Crippen molar-refractivity contribution in [3.63, 3.8) is 0 Å². The number of benzene rings is 2. The summed E-state index contributed by atoms with van der Waals surface area (Å²) >= 11 is 1.44. The number of aromatic nitrogens is 1. The molecule has 0 saturated heterocycles. The van der Waals surface area contributed by atoms with Crippen LogP contribution in [0.2, 0.25) is 0 Å². The number of aliphatic carboxylic acids is 1. The molecule has 12 nitrogen and oxygen atoms in total. The van der Waals surface area contributed by atoms with E-state index < -0.39 is 60.2 Å². The lowest BCUT2D eigenvalue weighted by Crippen LogP contribution is -2.58.